The summed E-state index contributed by atoms with van der Waals surface area (Å²) in [5.74, 6) is -0.872. The summed E-state index contributed by atoms with van der Waals surface area (Å²) < 4.78 is 15.9. The number of nitrogens with zero attached hydrogens (tertiary/aromatic N) is 2. The second kappa shape index (κ2) is 9.18. The molecule has 3 amide bonds. The number of nitrogens with one attached hydrogen (secondary N) is 1. The predicted octanol–water partition coefficient (Wildman–Crippen LogP) is 2.89. The van der Waals surface area contributed by atoms with Gasteiger partial charge < -0.3 is 19.3 Å². The zero-order valence-electron chi connectivity index (χ0n) is 18.7. The largest absolute Gasteiger partial charge is 0.489 e. The lowest BCUT2D eigenvalue weighted by atomic mass is 10.1. The van der Waals surface area contributed by atoms with E-state index in [-0.39, 0.29) is 23.3 Å². The van der Waals surface area contributed by atoms with Crippen molar-refractivity contribution in [3.63, 3.8) is 0 Å². The van der Waals surface area contributed by atoms with Gasteiger partial charge in [0.15, 0.2) is 6.61 Å². The topological polar surface area (TPSA) is 128 Å². The Morgan fingerprint density at radius 2 is 1.74 bits per heavy atom. The van der Waals surface area contributed by atoms with E-state index in [0.29, 0.717) is 17.2 Å². The molecule has 1 aromatic heterocycles. The molecule has 0 spiro atoms. The van der Waals surface area contributed by atoms with Crippen molar-refractivity contribution in [3.8, 4) is 5.75 Å². The molecule has 0 fully saturated rings. The molecule has 174 valence electrons. The number of carbonyl (C=O) groups excluding carboxylic acids is 4. The minimum atomic E-state index is -0.677. The molecule has 4 rings (SSSR count). The second-order valence-corrected chi connectivity index (χ2v) is 7.67. The van der Waals surface area contributed by atoms with Crippen LogP contribution in [0.1, 0.15) is 48.1 Å². The first-order chi connectivity index (χ1) is 16.2. The summed E-state index contributed by atoms with van der Waals surface area (Å²) in [6.45, 7) is 3.39. The van der Waals surface area contributed by atoms with E-state index in [1.165, 1.54) is 37.4 Å². The third-order valence-corrected chi connectivity index (χ3v) is 5.36. The number of aromatic nitrogens is 1. The minimum Gasteiger partial charge on any atom is -0.489 e. The van der Waals surface area contributed by atoms with Gasteiger partial charge in [-0.15, -0.1) is 0 Å². The van der Waals surface area contributed by atoms with E-state index in [0.717, 1.165) is 16.2 Å². The molecule has 34 heavy (non-hydrogen) atoms. The first-order valence-electron chi connectivity index (χ1n) is 10.3. The summed E-state index contributed by atoms with van der Waals surface area (Å²) in [6.07, 6.45) is 0. The van der Waals surface area contributed by atoms with Gasteiger partial charge in [-0.25, -0.2) is 4.79 Å². The monoisotopic (exact) mass is 463 g/mol. The van der Waals surface area contributed by atoms with Crippen LogP contribution in [0.2, 0.25) is 0 Å². The minimum absolute atomic E-state index is 0.207. The number of ether oxygens (including phenoxy) is 2. The van der Waals surface area contributed by atoms with Crippen LogP contribution in [0.25, 0.3) is 0 Å². The van der Waals surface area contributed by atoms with Crippen molar-refractivity contribution in [2.24, 2.45) is 0 Å². The van der Waals surface area contributed by atoms with Crippen LogP contribution < -0.4 is 10.1 Å². The maximum absolute atomic E-state index is 12.3. The highest BCUT2D eigenvalue weighted by atomic mass is 16.5. The number of fused-ring (bicyclic) bond motifs is 1. The number of benzene rings is 2. The molecule has 0 bridgehead atoms. The molecule has 3 aromatic rings. The number of hydrogen-bond acceptors (Lipinski definition) is 8. The Hall–Kier alpha value is -4.47. The number of rotatable bonds is 7. The lowest BCUT2D eigenvalue weighted by Crippen LogP contribution is -2.24. The highest BCUT2D eigenvalue weighted by molar-refractivity contribution is 6.21. The quantitative estimate of drug-likeness (QED) is 0.418. The maximum Gasteiger partial charge on any atom is 0.338 e. The van der Waals surface area contributed by atoms with E-state index in [1.807, 2.05) is 6.92 Å². The summed E-state index contributed by atoms with van der Waals surface area (Å²) in [4.78, 5) is 49.5. The number of hydrogen-bond donors (Lipinski definition) is 1. The van der Waals surface area contributed by atoms with Gasteiger partial charge >= 0.3 is 5.97 Å². The van der Waals surface area contributed by atoms with Crippen LogP contribution in [0.4, 0.5) is 5.69 Å². The van der Waals surface area contributed by atoms with E-state index in [1.54, 1.807) is 19.1 Å². The molecule has 0 saturated heterocycles. The van der Waals surface area contributed by atoms with Crippen molar-refractivity contribution in [1.29, 1.82) is 0 Å². The average molecular weight is 463 g/mol. The Morgan fingerprint density at radius 3 is 2.41 bits per heavy atom. The predicted molar refractivity (Wildman–Crippen MR) is 119 cm³/mol. The van der Waals surface area contributed by atoms with Crippen molar-refractivity contribution < 1.29 is 33.2 Å². The van der Waals surface area contributed by atoms with Crippen molar-refractivity contribution >= 4 is 29.4 Å². The van der Waals surface area contributed by atoms with E-state index in [4.69, 9.17) is 14.0 Å². The van der Waals surface area contributed by atoms with Gasteiger partial charge in [-0.3, -0.25) is 19.3 Å². The fourth-order valence-electron chi connectivity index (χ4n) is 3.40. The molecular weight excluding hydrogens is 442 g/mol. The Morgan fingerprint density at radius 1 is 1.03 bits per heavy atom. The van der Waals surface area contributed by atoms with Crippen LogP contribution in [-0.4, -0.2) is 47.4 Å². The highest BCUT2D eigenvalue weighted by Gasteiger charge is 2.32. The smallest absolute Gasteiger partial charge is 0.338 e. The SMILES string of the molecule is Cc1noc(C)c1COc1ccc(C(=O)OCC(=O)Nc2ccc3c(c2)C(=O)N(C)C3=O)cc1. The Balaban J connectivity index is 1.29. The number of anilines is 1. The van der Waals surface area contributed by atoms with Gasteiger partial charge in [0.05, 0.1) is 27.9 Å². The average Bonchev–Trinajstić information content (AvgIpc) is 3.26. The van der Waals surface area contributed by atoms with Crippen LogP contribution in [0, 0.1) is 13.8 Å². The maximum atomic E-state index is 12.3. The summed E-state index contributed by atoms with van der Waals surface area (Å²) in [6, 6.07) is 10.7. The fraction of sp³-hybridized carbons (Fsp3) is 0.208. The van der Waals surface area contributed by atoms with Crippen LogP contribution in [0.3, 0.4) is 0 Å². The first-order valence-corrected chi connectivity index (χ1v) is 10.3. The Kier molecular flexibility index (Phi) is 6.13. The molecule has 0 saturated carbocycles. The van der Waals surface area contributed by atoms with Gasteiger partial charge in [0.2, 0.25) is 0 Å². The standard InChI is InChI=1S/C24H21N3O7/c1-13-20(14(2)34-26-13)11-32-17-7-4-15(5-8-17)24(31)33-12-21(28)25-16-6-9-18-19(10-16)23(30)27(3)22(18)29/h4-10H,11-12H2,1-3H3,(H,25,28). The van der Waals surface area contributed by atoms with Crippen LogP contribution in [0.15, 0.2) is 47.0 Å². The molecule has 2 heterocycles. The summed E-state index contributed by atoms with van der Waals surface area (Å²) >= 11 is 0. The van der Waals surface area contributed by atoms with Gasteiger partial charge in [-0.05, 0) is 56.3 Å². The second-order valence-electron chi connectivity index (χ2n) is 7.67. The summed E-state index contributed by atoms with van der Waals surface area (Å²) in [7, 11) is 1.39. The van der Waals surface area contributed by atoms with Gasteiger partial charge in [0, 0.05) is 12.7 Å². The molecule has 10 heteroatoms. The van der Waals surface area contributed by atoms with Gasteiger partial charge in [-0.1, -0.05) is 5.16 Å². The Bertz CT molecular complexity index is 1270. The molecule has 1 N–H and O–H groups in total. The lowest BCUT2D eigenvalue weighted by molar-refractivity contribution is -0.119. The summed E-state index contributed by atoms with van der Waals surface area (Å²) in [5, 5.41) is 6.42. The number of esters is 1. The van der Waals surface area contributed by atoms with Crippen molar-refractivity contribution in [1.82, 2.24) is 10.1 Å². The number of amides is 3. The molecule has 0 unspecified atom stereocenters. The molecular formula is C24H21N3O7. The number of aryl methyl sites for hydroxylation is 2. The molecule has 0 radical (unpaired) electrons. The van der Waals surface area contributed by atoms with Crippen LogP contribution in [0.5, 0.6) is 5.75 Å². The third kappa shape index (κ3) is 4.51. The molecule has 1 aliphatic rings. The van der Waals surface area contributed by atoms with Gasteiger partial charge in [0.1, 0.15) is 18.1 Å². The van der Waals surface area contributed by atoms with E-state index in [9.17, 15) is 19.2 Å². The van der Waals surface area contributed by atoms with Gasteiger partial charge in [0.25, 0.3) is 17.7 Å². The highest BCUT2D eigenvalue weighted by Crippen LogP contribution is 2.25. The normalized spacial score (nSPS) is 12.5. The molecule has 1 aliphatic heterocycles. The summed E-state index contributed by atoms with van der Waals surface area (Å²) in [5.41, 5.74) is 2.66. The molecule has 0 atom stereocenters. The zero-order chi connectivity index (χ0) is 24.4. The Labute approximate surface area is 194 Å². The molecule has 0 aliphatic carbocycles. The van der Waals surface area contributed by atoms with E-state index >= 15 is 0 Å². The van der Waals surface area contributed by atoms with Gasteiger partial charge in [-0.2, -0.15) is 0 Å². The van der Waals surface area contributed by atoms with Crippen molar-refractivity contribution in [3.05, 3.63) is 76.2 Å². The first kappa shape index (κ1) is 22.7. The lowest BCUT2D eigenvalue weighted by Gasteiger charge is -2.09. The van der Waals surface area contributed by atoms with Crippen LogP contribution in [-0.2, 0) is 16.1 Å². The van der Waals surface area contributed by atoms with Crippen molar-refractivity contribution in [2.45, 2.75) is 20.5 Å². The number of carbonyl (C=O) groups is 4. The molecule has 2 aromatic carbocycles. The zero-order valence-corrected chi connectivity index (χ0v) is 18.7. The fourth-order valence-corrected chi connectivity index (χ4v) is 3.40. The van der Waals surface area contributed by atoms with Crippen molar-refractivity contribution in [2.75, 3.05) is 19.0 Å². The molecule has 10 nitrogen and oxygen atoms in total. The van der Waals surface area contributed by atoms with E-state index in [2.05, 4.69) is 10.5 Å². The number of imide groups is 1. The van der Waals surface area contributed by atoms with Crippen LogP contribution >= 0.6 is 0 Å². The van der Waals surface area contributed by atoms with E-state index < -0.39 is 30.3 Å². The third-order valence-electron chi connectivity index (χ3n) is 5.36.